The van der Waals surface area contributed by atoms with Gasteiger partial charge in [-0.05, 0) is 61.4 Å². The van der Waals surface area contributed by atoms with Crippen molar-refractivity contribution in [1.29, 1.82) is 0 Å². The summed E-state index contributed by atoms with van der Waals surface area (Å²) in [6, 6.07) is 13.2. The summed E-state index contributed by atoms with van der Waals surface area (Å²) in [5, 5.41) is 3.68. The van der Waals surface area contributed by atoms with Gasteiger partial charge in [-0.25, -0.2) is 4.98 Å². The summed E-state index contributed by atoms with van der Waals surface area (Å²) in [7, 11) is 0. The second-order valence-electron chi connectivity index (χ2n) is 10.0. The van der Waals surface area contributed by atoms with Gasteiger partial charge in [0, 0.05) is 37.6 Å². The highest BCUT2D eigenvalue weighted by molar-refractivity contribution is 6.31. The normalized spacial score (nSPS) is 18.6. The number of nitrogens with one attached hydrogen (secondary N) is 1. The van der Waals surface area contributed by atoms with Gasteiger partial charge in [-0.3, -0.25) is 9.59 Å². The van der Waals surface area contributed by atoms with Crippen LogP contribution in [0.15, 0.2) is 48.8 Å². The van der Waals surface area contributed by atoms with Crippen molar-refractivity contribution < 1.29 is 14.3 Å². The SMILES string of the molecule is O=C1NCC2(CCCCCOc3ccc(Cl)cc31)CCN(C(=O)CCn1cnc3ccccc31)CC2. The Kier molecular flexibility index (Phi) is 7.46. The molecule has 1 saturated heterocycles. The zero-order valence-electron chi connectivity index (χ0n) is 20.5. The van der Waals surface area contributed by atoms with Crippen molar-refractivity contribution in [3.8, 4) is 5.75 Å². The Morgan fingerprint density at radius 3 is 2.78 bits per heavy atom. The van der Waals surface area contributed by atoms with E-state index in [0.717, 1.165) is 62.6 Å². The van der Waals surface area contributed by atoms with Crippen LogP contribution in [-0.2, 0) is 11.3 Å². The lowest BCUT2D eigenvalue weighted by Crippen LogP contribution is -2.48. The Morgan fingerprint density at radius 1 is 1.08 bits per heavy atom. The van der Waals surface area contributed by atoms with Gasteiger partial charge in [-0.1, -0.05) is 36.6 Å². The lowest BCUT2D eigenvalue weighted by molar-refractivity contribution is -0.133. The Bertz CT molecular complexity index is 1230. The summed E-state index contributed by atoms with van der Waals surface area (Å²) in [4.78, 5) is 32.5. The lowest BCUT2D eigenvalue weighted by Gasteiger charge is -2.42. The third-order valence-electron chi connectivity index (χ3n) is 7.69. The Balaban J connectivity index is 1.20. The third kappa shape index (κ3) is 5.51. The number of benzene rings is 2. The van der Waals surface area contributed by atoms with E-state index < -0.39 is 0 Å². The summed E-state index contributed by atoms with van der Waals surface area (Å²) in [5.41, 5.74) is 2.50. The van der Waals surface area contributed by atoms with Crippen LogP contribution in [0, 0.1) is 5.41 Å². The van der Waals surface area contributed by atoms with Crippen molar-refractivity contribution >= 4 is 34.4 Å². The summed E-state index contributed by atoms with van der Waals surface area (Å²) in [6.07, 6.45) is 8.23. The molecule has 0 atom stereocenters. The second-order valence-corrected chi connectivity index (χ2v) is 10.5. The van der Waals surface area contributed by atoms with E-state index in [1.54, 1.807) is 18.2 Å². The topological polar surface area (TPSA) is 76.5 Å². The van der Waals surface area contributed by atoms with Crippen molar-refractivity contribution in [3.05, 3.63) is 59.4 Å². The van der Waals surface area contributed by atoms with Crippen molar-refractivity contribution in [1.82, 2.24) is 19.8 Å². The van der Waals surface area contributed by atoms with Gasteiger partial charge in [0.15, 0.2) is 0 Å². The molecule has 7 nitrogen and oxygen atoms in total. The molecule has 0 bridgehead atoms. The number of para-hydroxylation sites is 2. The zero-order chi connectivity index (χ0) is 25.0. The van der Waals surface area contributed by atoms with Crippen molar-refractivity contribution in [2.75, 3.05) is 26.2 Å². The molecule has 1 spiro atoms. The van der Waals surface area contributed by atoms with Gasteiger partial charge in [0.1, 0.15) is 5.75 Å². The number of imidazole rings is 1. The number of nitrogens with zero attached hydrogens (tertiary/aromatic N) is 3. The molecule has 1 fully saturated rings. The summed E-state index contributed by atoms with van der Waals surface area (Å²) in [6.45, 7) is 3.27. The molecule has 0 saturated carbocycles. The minimum Gasteiger partial charge on any atom is -0.493 e. The number of hydrogen-bond acceptors (Lipinski definition) is 4. The molecule has 36 heavy (non-hydrogen) atoms. The van der Waals surface area contributed by atoms with Crippen LogP contribution in [0.3, 0.4) is 0 Å². The maximum absolute atomic E-state index is 13.0. The van der Waals surface area contributed by atoms with E-state index in [2.05, 4.69) is 14.9 Å². The van der Waals surface area contributed by atoms with E-state index in [0.29, 0.717) is 42.5 Å². The molecule has 1 N–H and O–H groups in total. The molecule has 2 aromatic carbocycles. The van der Waals surface area contributed by atoms with Crippen molar-refractivity contribution in [2.45, 2.75) is 51.5 Å². The first-order valence-electron chi connectivity index (χ1n) is 12.9. The molecule has 0 unspecified atom stereocenters. The van der Waals surface area contributed by atoms with Gasteiger partial charge in [0.25, 0.3) is 5.91 Å². The first kappa shape index (κ1) is 24.6. The number of ether oxygens (including phenoxy) is 1. The lowest BCUT2D eigenvalue weighted by atomic mass is 9.74. The predicted molar refractivity (Wildman–Crippen MR) is 140 cm³/mol. The van der Waals surface area contributed by atoms with E-state index in [-0.39, 0.29) is 17.2 Å². The largest absolute Gasteiger partial charge is 0.493 e. The third-order valence-corrected chi connectivity index (χ3v) is 7.93. The molecule has 2 amide bonds. The average molecular weight is 509 g/mol. The average Bonchev–Trinajstić information content (AvgIpc) is 3.31. The van der Waals surface area contributed by atoms with Gasteiger partial charge >= 0.3 is 0 Å². The maximum Gasteiger partial charge on any atom is 0.255 e. The van der Waals surface area contributed by atoms with Crippen LogP contribution in [0.4, 0.5) is 0 Å². The van der Waals surface area contributed by atoms with E-state index in [4.69, 9.17) is 16.3 Å². The molecule has 3 heterocycles. The summed E-state index contributed by atoms with van der Waals surface area (Å²) in [5.74, 6) is 0.608. The Hall–Kier alpha value is -3.06. The number of aromatic nitrogens is 2. The molecule has 1 aromatic heterocycles. The molecule has 2 aliphatic rings. The first-order chi connectivity index (χ1) is 17.5. The molecule has 190 valence electrons. The number of halogens is 1. The van der Waals surface area contributed by atoms with Crippen molar-refractivity contribution in [2.24, 2.45) is 5.41 Å². The fourth-order valence-electron chi connectivity index (χ4n) is 5.44. The van der Waals surface area contributed by atoms with Crippen LogP contribution in [0.2, 0.25) is 5.02 Å². The fourth-order valence-corrected chi connectivity index (χ4v) is 5.61. The van der Waals surface area contributed by atoms with Crippen LogP contribution in [0.1, 0.15) is 55.3 Å². The quantitative estimate of drug-likeness (QED) is 0.535. The van der Waals surface area contributed by atoms with Crippen LogP contribution in [0.25, 0.3) is 11.0 Å². The number of rotatable bonds is 3. The summed E-state index contributed by atoms with van der Waals surface area (Å²) >= 11 is 6.16. The molecule has 2 aliphatic heterocycles. The van der Waals surface area contributed by atoms with Gasteiger partial charge in [-0.15, -0.1) is 0 Å². The second kappa shape index (κ2) is 10.9. The van der Waals surface area contributed by atoms with E-state index >= 15 is 0 Å². The molecule has 5 rings (SSSR count). The van der Waals surface area contributed by atoms with Gasteiger partial charge < -0.3 is 19.5 Å². The fraction of sp³-hybridized carbons (Fsp3) is 0.464. The highest BCUT2D eigenvalue weighted by atomic mass is 35.5. The highest BCUT2D eigenvalue weighted by Gasteiger charge is 2.36. The van der Waals surface area contributed by atoms with Gasteiger partial charge in [0.2, 0.25) is 5.91 Å². The number of carbonyl (C=O) groups excluding carboxylic acids is 2. The zero-order valence-corrected chi connectivity index (χ0v) is 21.3. The molecule has 0 radical (unpaired) electrons. The van der Waals surface area contributed by atoms with E-state index in [1.807, 2.05) is 35.5 Å². The standard InChI is InChI=1S/C28H33ClN4O3/c29-21-8-9-25-22(18-21)27(35)30-19-28(11-4-1-5-17-36-25)12-15-32(16-13-28)26(34)10-14-33-20-31-23-6-2-3-7-24(23)33/h2-3,6-9,18,20H,1,4-5,10-17,19H2,(H,30,35). The highest BCUT2D eigenvalue weighted by Crippen LogP contribution is 2.37. The Morgan fingerprint density at radius 2 is 1.92 bits per heavy atom. The van der Waals surface area contributed by atoms with E-state index in [1.165, 1.54) is 0 Å². The minimum atomic E-state index is -0.154. The monoisotopic (exact) mass is 508 g/mol. The smallest absolute Gasteiger partial charge is 0.255 e. The molecular formula is C28H33ClN4O3. The number of aryl methyl sites for hydroxylation is 1. The minimum absolute atomic E-state index is 0.00574. The number of fused-ring (bicyclic) bond motifs is 2. The maximum atomic E-state index is 13.0. The summed E-state index contributed by atoms with van der Waals surface area (Å²) < 4.78 is 7.92. The number of hydrogen-bond donors (Lipinski definition) is 1. The predicted octanol–water partition coefficient (Wildman–Crippen LogP) is 5.07. The van der Waals surface area contributed by atoms with Crippen LogP contribution >= 0.6 is 11.6 Å². The van der Waals surface area contributed by atoms with Crippen LogP contribution in [0.5, 0.6) is 5.75 Å². The molecular weight excluding hydrogens is 476 g/mol. The van der Waals surface area contributed by atoms with Gasteiger partial charge in [-0.2, -0.15) is 0 Å². The van der Waals surface area contributed by atoms with Gasteiger partial charge in [0.05, 0.1) is 29.5 Å². The molecule has 0 aliphatic carbocycles. The number of carbonyl (C=O) groups is 2. The molecule has 3 aromatic rings. The Labute approximate surface area is 216 Å². The number of amides is 2. The van der Waals surface area contributed by atoms with Crippen LogP contribution < -0.4 is 10.1 Å². The van der Waals surface area contributed by atoms with Crippen molar-refractivity contribution in [3.63, 3.8) is 0 Å². The van der Waals surface area contributed by atoms with Crippen LogP contribution in [-0.4, -0.2) is 52.5 Å². The number of piperidine rings is 1. The first-order valence-corrected chi connectivity index (χ1v) is 13.3. The van der Waals surface area contributed by atoms with E-state index in [9.17, 15) is 9.59 Å². The molecule has 8 heteroatoms. The number of likely N-dealkylation sites (tertiary alicyclic amines) is 1.